The summed E-state index contributed by atoms with van der Waals surface area (Å²) in [6.45, 7) is 0. The van der Waals surface area contributed by atoms with E-state index in [2.05, 4.69) is 21.2 Å². The fraction of sp³-hybridized carbons (Fsp3) is 0.125. The van der Waals surface area contributed by atoms with Gasteiger partial charge in [0.15, 0.2) is 0 Å². The molecule has 0 aliphatic carbocycles. The molecule has 0 radical (unpaired) electrons. The zero-order valence-electron chi connectivity index (χ0n) is 7.55. The summed E-state index contributed by atoms with van der Waals surface area (Å²) in [6, 6.07) is 5.87. The molecule has 5 nitrogen and oxygen atoms in total. The summed E-state index contributed by atoms with van der Waals surface area (Å²) in [5.41, 5.74) is 0.162. The molecular formula is C8H9AsBrNO4. The Balaban J connectivity index is 3.08. The van der Waals surface area contributed by atoms with Crippen LogP contribution in [0.3, 0.4) is 0 Å². The van der Waals surface area contributed by atoms with E-state index in [4.69, 9.17) is 8.19 Å². The van der Waals surface area contributed by atoms with Crippen LogP contribution in [-0.4, -0.2) is 33.6 Å². The summed E-state index contributed by atoms with van der Waals surface area (Å²) in [4.78, 5) is 11.1. The minimum absolute atomic E-state index is 0.0787. The summed E-state index contributed by atoms with van der Waals surface area (Å²) in [5.74, 6) is -0.355. The molecular weight excluding hydrogens is 329 g/mol. The van der Waals surface area contributed by atoms with Gasteiger partial charge in [-0.25, -0.2) is 0 Å². The van der Waals surface area contributed by atoms with E-state index in [0.717, 1.165) is 0 Å². The topological polar surface area (TPSA) is 86.6 Å². The Morgan fingerprint density at radius 2 is 2.00 bits per heavy atom. The van der Waals surface area contributed by atoms with Gasteiger partial charge in [0.05, 0.1) is 0 Å². The summed E-state index contributed by atoms with van der Waals surface area (Å²) in [7, 11) is 0. The molecule has 0 aliphatic rings. The van der Waals surface area contributed by atoms with Crippen LogP contribution >= 0.6 is 15.9 Å². The first-order valence-corrected chi connectivity index (χ1v) is 8.46. The van der Waals surface area contributed by atoms with Crippen molar-refractivity contribution >= 4 is 46.0 Å². The standard InChI is InChI=1S/C8H9AsBrNO4/c10-5-8(12)11-7-4-2-1-3-6(7)9(13,14)15/h1-4H,5H2,(H,11,12)(H2,13,14,15). The first-order chi connectivity index (χ1) is 6.95. The van der Waals surface area contributed by atoms with E-state index < -0.39 is 14.2 Å². The molecule has 0 fully saturated rings. The van der Waals surface area contributed by atoms with Crippen molar-refractivity contribution in [2.24, 2.45) is 0 Å². The maximum atomic E-state index is 11.1. The summed E-state index contributed by atoms with van der Waals surface area (Å²) in [5, 5.41) is 2.48. The fourth-order valence-electron chi connectivity index (χ4n) is 1.02. The molecule has 15 heavy (non-hydrogen) atoms. The van der Waals surface area contributed by atoms with Crippen molar-refractivity contribution in [1.29, 1.82) is 0 Å². The maximum absolute atomic E-state index is 11.1. The molecule has 0 aromatic heterocycles. The van der Waals surface area contributed by atoms with Gasteiger partial charge in [-0.3, -0.25) is 0 Å². The number of hydrogen-bond acceptors (Lipinski definition) is 2. The number of hydrogen-bond donors (Lipinski definition) is 3. The summed E-state index contributed by atoms with van der Waals surface area (Å²) < 4.78 is 29.1. The van der Waals surface area contributed by atoms with Gasteiger partial charge in [0.1, 0.15) is 0 Å². The van der Waals surface area contributed by atoms with Crippen LogP contribution < -0.4 is 9.67 Å². The molecule has 0 unspecified atom stereocenters. The zero-order chi connectivity index (χ0) is 11.5. The number of carbonyl (C=O) groups excluding carboxylic acids is 1. The van der Waals surface area contributed by atoms with E-state index >= 15 is 0 Å². The molecule has 0 bridgehead atoms. The van der Waals surface area contributed by atoms with Crippen LogP contribution in [0.5, 0.6) is 0 Å². The van der Waals surface area contributed by atoms with Crippen LogP contribution in [-0.2, 0) is 8.53 Å². The first-order valence-electron chi connectivity index (χ1n) is 3.96. The van der Waals surface area contributed by atoms with Gasteiger partial charge in [0.25, 0.3) is 0 Å². The number of nitrogens with one attached hydrogen (secondary N) is 1. The second-order valence-electron chi connectivity index (χ2n) is 2.74. The van der Waals surface area contributed by atoms with Crippen LogP contribution in [0, 0.1) is 0 Å². The van der Waals surface area contributed by atoms with Crippen molar-refractivity contribution in [2.75, 3.05) is 10.6 Å². The van der Waals surface area contributed by atoms with Crippen molar-refractivity contribution in [3.05, 3.63) is 24.3 Å². The molecule has 1 aromatic rings. The Hall–Kier alpha value is -0.552. The second-order valence-corrected chi connectivity index (χ2v) is 6.60. The minimum atomic E-state index is -4.98. The first kappa shape index (κ1) is 12.5. The summed E-state index contributed by atoms with van der Waals surface area (Å²) in [6.07, 6.45) is 0. The molecule has 0 saturated carbocycles. The zero-order valence-corrected chi connectivity index (χ0v) is 11.0. The molecule has 3 N–H and O–H groups in total. The fourth-order valence-corrected chi connectivity index (χ4v) is 2.68. The monoisotopic (exact) mass is 337 g/mol. The normalized spacial score (nSPS) is 11.1. The predicted octanol–water partition coefficient (Wildman–Crippen LogP) is -0.419. The third-order valence-electron chi connectivity index (χ3n) is 1.61. The molecule has 0 saturated heterocycles. The molecule has 1 amide bonds. The van der Waals surface area contributed by atoms with E-state index in [1.54, 1.807) is 6.07 Å². The third-order valence-corrected chi connectivity index (χ3v) is 4.26. The molecule has 82 valence electrons. The van der Waals surface area contributed by atoms with Crippen LogP contribution in [0.2, 0.25) is 0 Å². The van der Waals surface area contributed by atoms with Gasteiger partial charge in [0.2, 0.25) is 0 Å². The quantitative estimate of drug-likeness (QED) is 0.516. The Labute approximate surface area is 97.6 Å². The third kappa shape index (κ3) is 3.50. The van der Waals surface area contributed by atoms with E-state index in [1.807, 2.05) is 0 Å². The Morgan fingerprint density at radius 3 is 2.53 bits per heavy atom. The number of amides is 1. The van der Waals surface area contributed by atoms with Crippen molar-refractivity contribution in [3.63, 3.8) is 0 Å². The molecule has 1 rings (SSSR count). The van der Waals surface area contributed by atoms with Gasteiger partial charge < -0.3 is 0 Å². The second kappa shape index (κ2) is 4.98. The van der Waals surface area contributed by atoms with Gasteiger partial charge in [-0.15, -0.1) is 0 Å². The van der Waals surface area contributed by atoms with Crippen molar-refractivity contribution in [3.8, 4) is 0 Å². The summed E-state index contributed by atoms with van der Waals surface area (Å²) >= 11 is -2.03. The number of alkyl halides is 1. The van der Waals surface area contributed by atoms with Crippen LogP contribution in [0.25, 0.3) is 0 Å². The molecule has 0 atom stereocenters. The van der Waals surface area contributed by atoms with Crippen LogP contribution in [0.1, 0.15) is 0 Å². The molecule has 0 aliphatic heterocycles. The van der Waals surface area contributed by atoms with E-state index in [-0.39, 0.29) is 21.3 Å². The van der Waals surface area contributed by atoms with Gasteiger partial charge in [-0.05, 0) is 0 Å². The number of halogens is 1. The van der Waals surface area contributed by atoms with Gasteiger partial charge in [-0.2, -0.15) is 0 Å². The molecule has 7 heteroatoms. The molecule has 0 spiro atoms. The van der Waals surface area contributed by atoms with Gasteiger partial charge >= 0.3 is 97.7 Å². The van der Waals surface area contributed by atoms with Gasteiger partial charge in [0, 0.05) is 0 Å². The van der Waals surface area contributed by atoms with Crippen LogP contribution in [0.15, 0.2) is 24.3 Å². The number of rotatable bonds is 3. The molecule has 1 aromatic carbocycles. The SMILES string of the molecule is O=C(CBr)Nc1ccccc1[As](=O)(O)O. The van der Waals surface area contributed by atoms with Crippen molar-refractivity contribution in [2.45, 2.75) is 0 Å². The number of benzene rings is 1. The number of para-hydroxylation sites is 1. The average Bonchev–Trinajstić information content (AvgIpc) is 2.17. The van der Waals surface area contributed by atoms with E-state index in [0.29, 0.717) is 0 Å². The van der Waals surface area contributed by atoms with Crippen molar-refractivity contribution < 1.29 is 16.7 Å². The number of carbonyl (C=O) groups is 1. The van der Waals surface area contributed by atoms with Crippen molar-refractivity contribution in [1.82, 2.24) is 0 Å². The Bertz CT molecular complexity index is 417. The van der Waals surface area contributed by atoms with E-state index in [9.17, 15) is 8.53 Å². The Kier molecular flexibility index (Phi) is 4.16. The van der Waals surface area contributed by atoms with E-state index in [1.165, 1.54) is 18.2 Å². The predicted molar refractivity (Wildman–Crippen MR) is 59.4 cm³/mol. The average molecular weight is 338 g/mol. The number of anilines is 1. The Morgan fingerprint density at radius 1 is 1.40 bits per heavy atom. The van der Waals surface area contributed by atoms with Crippen LogP contribution in [0.4, 0.5) is 5.69 Å². The van der Waals surface area contributed by atoms with Gasteiger partial charge in [-0.1, -0.05) is 0 Å². The molecule has 0 heterocycles.